The van der Waals surface area contributed by atoms with Gasteiger partial charge in [0.1, 0.15) is 5.76 Å². The lowest BCUT2D eigenvalue weighted by Gasteiger charge is -2.48. The zero-order valence-corrected chi connectivity index (χ0v) is 11.0. The Labute approximate surface area is 113 Å². The normalized spacial score (nSPS) is 25.4. The first kappa shape index (κ1) is 12.5. The monoisotopic (exact) mass is 260 g/mol. The Balaban J connectivity index is 1.51. The molecule has 1 atom stereocenters. The van der Waals surface area contributed by atoms with E-state index in [4.69, 9.17) is 4.42 Å². The van der Waals surface area contributed by atoms with Gasteiger partial charge in [-0.25, -0.2) is 0 Å². The quantitative estimate of drug-likeness (QED) is 0.818. The summed E-state index contributed by atoms with van der Waals surface area (Å²) >= 11 is 0. The molecule has 0 radical (unpaired) electrons. The molecule has 3 rings (SSSR count). The number of amides is 1. The summed E-state index contributed by atoms with van der Waals surface area (Å²) in [5.74, 6) is 0.675. The summed E-state index contributed by atoms with van der Waals surface area (Å²) in [5, 5.41) is 6.70. The third-order valence-corrected chi connectivity index (χ3v) is 4.23. The number of rotatable bonds is 3. The Hall–Kier alpha value is -1.55. The van der Waals surface area contributed by atoms with Gasteiger partial charge >= 0.3 is 0 Å². The molecule has 19 heavy (non-hydrogen) atoms. The summed E-state index contributed by atoms with van der Waals surface area (Å²) in [6, 6.07) is 3.94. The van der Waals surface area contributed by atoms with Crippen LogP contribution >= 0.6 is 0 Å². The second-order valence-corrected chi connectivity index (χ2v) is 5.61. The van der Waals surface area contributed by atoms with E-state index in [0.29, 0.717) is 17.3 Å². The van der Waals surface area contributed by atoms with Gasteiger partial charge in [-0.1, -0.05) is 0 Å². The molecule has 1 aromatic heterocycles. The SMILES string of the molecule is O=C(/C=C/c1ccco1)NC1CCNC2(CCC2)C1. The van der Waals surface area contributed by atoms with Crippen molar-refractivity contribution >= 4 is 12.0 Å². The summed E-state index contributed by atoms with van der Waals surface area (Å²) in [5.41, 5.74) is 0.320. The lowest BCUT2D eigenvalue weighted by atomic mass is 9.70. The topological polar surface area (TPSA) is 54.3 Å². The van der Waals surface area contributed by atoms with Crippen LogP contribution in [0.15, 0.2) is 28.9 Å². The van der Waals surface area contributed by atoms with Gasteiger partial charge in [0, 0.05) is 17.7 Å². The highest BCUT2D eigenvalue weighted by atomic mass is 16.3. The van der Waals surface area contributed by atoms with Crippen molar-refractivity contribution in [1.82, 2.24) is 10.6 Å². The highest BCUT2D eigenvalue weighted by molar-refractivity contribution is 5.91. The minimum Gasteiger partial charge on any atom is -0.465 e. The smallest absolute Gasteiger partial charge is 0.244 e. The van der Waals surface area contributed by atoms with E-state index >= 15 is 0 Å². The molecule has 1 aliphatic carbocycles. The second-order valence-electron chi connectivity index (χ2n) is 5.61. The van der Waals surface area contributed by atoms with E-state index in [1.165, 1.54) is 19.3 Å². The van der Waals surface area contributed by atoms with Crippen LogP contribution < -0.4 is 10.6 Å². The lowest BCUT2D eigenvalue weighted by molar-refractivity contribution is -0.117. The summed E-state index contributed by atoms with van der Waals surface area (Å²) in [4.78, 5) is 11.9. The summed E-state index contributed by atoms with van der Waals surface area (Å²) in [7, 11) is 0. The summed E-state index contributed by atoms with van der Waals surface area (Å²) < 4.78 is 5.16. The predicted octanol–water partition coefficient (Wildman–Crippen LogP) is 2.08. The van der Waals surface area contributed by atoms with Crippen LogP contribution in [0.5, 0.6) is 0 Å². The van der Waals surface area contributed by atoms with Gasteiger partial charge in [0.2, 0.25) is 5.91 Å². The van der Waals surface area contributed by atoms with Gasteiger partial charge in [-0.05, 0) is 56.9 Å². The first-order valence-electron chi connectivity index (χ1n) is 7.03. The number of piperidine rings is 1. The molecule has 1 spiro atoms. The van der Waals surface area contributed by atoms with Crippen LogP contribution in [0.2, 0.25) is 0 Å². The van der Waals surface area contributed by atoms with Crippen LogP contribution in [0.4, 0.5) is 0 Å². The third kappa shape index (κ3) is 2.89. The summed E-state index contributed by atoms with van der Waals surface area (Å²) in [6.07, 6.45) is 10.7. The molecule has 1 aliphatic heterocycles. The highest BCUT2D eigenvalue weighted by Gasteiger charge is 2.40. The molecule has 4 nitrogen and oxygen atoms in total. The fourth-order valence-corrected chi connectivity index (χ4v) is 3.06. The number of hydrogen-bond acceptors (Lipinski definition) is 3. The van der Waals surface area contributed by atoms with Gasteiger partial charge in [0.15, 0.2) is 0 Å². The van der Waals surface area contributed by atoms with Crippen LogP contribution in [-0.2, 0) is 4.79 Å². The maximum absolute atomic E-state index is 11.9. The molecule has 1 unspecified atom stereocenters. The van der Waals surface area contributed by atoms with Gasteiger partial charge in [0.05, 0.1) is 6.26 Å². The van der Waals surface area contributed by atoms with E-state index in [1.807, 2.05) is 12.1 Å². The minimum atomic E-state index is -0.0298. The molecule has 1 amide bonds. The van der Waals surface area contributed by atoms with Crippen molar-refractivity contribution in [2.24, 2.45) is 0 Å². The maximum Gasteiger partial charge on any atom is 0.244 e. The Morgan fingerprint density at radius 3 is 3.11 bits per heavy atom. The molecule has 2 fully saturated rings. The van der Waals surface area contributed by atoms with Gasteiger partial charge in [-0.3, -0.25) is 4.79 Å². The van der Waals surface area contributed by atoms with Gasteiger partial charge in [-0.2, -0.15) is 0 Å². The van der Waals surface area contributed by atoms with Crippen molar-refractivity contribution < 1.29 is 9.21 Å². The number of carbonyl (C=O) groups is 1. The van der Waals surface area contributed by atoms with Crippen LogP contribution in [0.3, 0.4) is 0 Å². The molecule has 2 aliphatic rings. The number of nitrogens with one attached hydrogen (secondary N) is 2. The fraction of sp³-hybridized carbons (Fsp3) is 0.533. The standard InChI is InChI=1S/C15H20N2O2/c18-14(5-4-13-3-1-10-19-13)17-12-6-9-16-15(11-12)7-2-8-15/h1,3-5,10,12,16H,2,6-9,11H2,(H,17,18)/b5-4+. The largest absolute Gasteiger partial charge is 0.465 e. The first-order chi connectivity index (χ1) is 9.26. The van der Waals surface area contributed by atoms with E-state index in [9.17, 15) is 4.79 Å². The average Bonchev–Trinajstić information content (AvgIpc) is 2.88. The third-order valence-electron chi connectivity index (χ3n) is 4.23. The first-order valence-corrected chi connectivity index (χ1v) is 7.03. The zero-order valence-electron chi connectivity index (χ0n) is 11.0. The van der Waals surface area contributed by atoms with E-state index < -0.39 is 0 Å². The van der Waals surface area contributed by atoms with Crippen molar-refractivity contribution in [1.29, 1.82) is 0 Å². The van der Waals surface area contributed by atoms with Crippen molar-refractivity contribution in [3.8, 4) is 0 Å². The van der Waals surface area contributed by atoms with Crippen LogP contribution in [0.25, 0.3) is 6.08 Å². The predicted molar refractivity (Wildman–Crippen MR) is 73.5 cm³/mol. The molecule has 102 valence electrons. The van der Waals surface area contributed by atoms with E-state index in [2.05, 4.69) is 10.6 Å². The van der Waals surface area contributed by atoms with Crippen molar-refractivity contribution in [2.45, 2.75) is 43.7 Å². The molecule has 2 heterocycles. The molecular weight excluding hydrogens is 240 g/mol. The molecule has 1 saturated heterocycles. The van der Waals surface area contributed by atoms with Crippen molar-refractivity contribution in [3.05, 3.63) is 30.2 Å². The van der Waals surface area contributed by atoms with E-state index in [0.717, 1.165) is 19.4 Å². The van der Waals surface area contributed by atoms with Gasteiger partial charge in [-0.15, -0.1) is 0 Å². The Morgan fingerprint density at radius 2 is 2.42 bits per heavy atom. The van der Waals surface area contributed by atoms with Gasteiger partial charge < -0.3 is 15.1 Å². The summed E-state index contributed by atoms with van der Waals surface area (Å²) in [6.45, 7) is 1.01. The molecule has 1 aromatic rings. The molecule has 2 N–H and O–H groups in total. The minimum absolute atomic E-state index is 0.0298. The molecule has 1 saturated carbocycles. The van der Waals surface area contributed by atoms with Gasteiger partial charge in [0.25, 0.3) is 0 Å². The van der Waals surface area contributed by atoms with Crippen LogP contribution in [-0.4, -0.2) is 24.0 Å². The highest BCUT2D eigenvalue weighted by Crippen LogP contribution is 2.38. The molecule has 0 bridgehead atoms. The second kappa shape index (κ2) is 5.21. The molecule has 4 heteroatoms. The maximum atomic E-state index is 11.9. The van der Waals surface area contributed by atoms with Crippen LogP contribution in [0, 0.1) is 0 Å². The number of carbonyl (C=O) groups excluding carboxylic acids is 1. The number of hydrogen-bond donors (Lipinski definition) is 2. The van der Waals surface area contributed by atoms with Crippen molar-refractivity contribution in [3.63, 3.8) is 0 Å². The Kier molecular flexibility index (Phi) is 3.42. The Bertz CT molecular complexity index is 460. The fourth-order valence-electron chi connectivity index (χ4n) is 3.06. The number of furan rings is 1. The van der Waals surface area contributed by atoms with E-state index in [-0.39, 0.29) is 5.91 Å². The van der Waals surface area contributed by atoms with E-state index in [1.54, 1.807) is 18.4 Å². The zero-order chi connectivity index (χ0) is 13.1. The molecular formula is C15H20N2O2. The lowest BCUT2D eigenvalue weighted by Crippen LogP contribution is -2.59. The molecule has 0 aromatic carbocycles. The van der Waals surface area contributed by atoms with Crippen LogP contribution in [0.1, 0.15) is 37.9 Å². The van der Waals surface area contributed by atoms with Crippen molar-refractivity contribution in [2.75, 3.05) is 6.54 Å². The Morgan fingerprint density at radius 1 is 1.53 bits per heavy atom. The average molecular weight is 260 g/mol.